The van der Waals surface area contributed by atoms with Crippen molar-refractivity contribution >= 4 is 23.4 Å². The molecule has 0 saturated heterocycles. The van der Waals surface area contributed by atoms with Crippen LogP contribution < -0.4 is 15.4 Å². The lowest BCUT2D eigenvalue weighted by atomic mass is 9.75. The van der Waals surface area contributed by atoms with Crippen molar-refractivity contribution in [1.82, 2.24) is 15.5 Å². The van der Waals surface area contributed by atoms with Crippen molar-refractivity contribution in [1.29, 1.82) is 0 Å². The molecule has 0 spiro atoms. The number of rotatable bonds is 12. The highest BCUT2D eigenvalue weighted by Crippen LogP contribution is 2.36. The van der Waals surface area contributed by atoms with Gasteiger partial charge in [0.1, 0.15) is 11.5 Å². The van der Waals surface area contributed by atoms with E-state index in [9.17, 15) is 9.59 Å². The second-order valence-electron chi connectivity index (χ2n) is 10.9. The summed E-state index contributed by atoms with van der Waals surface area (Å²) < 4.78 is 5.82. The van der Waals surface area contributed by atoms with Crippen molar-refractivity contribution in [3.8, 4) is 11.5 Å². The predicted octanol–water partition coefficient (Wildman–Crippen LogP) is 6.17. The third kappa shape index (κ3) is 8.83. The number of nitrogens with zero attached hydrogens (tertiary/aromatic N) is 1. The van der Waals surface area contributed by atoms with Crippen molar-refractivity contribution in [3.05, 3.63) is 95.0 Å². The molecule has 0 unspecified atom stereocenters. The maximum absolute atomic E-state index is 12.6. The Hall–Kier alpha value is -3.35. The highest BCUT2D eigenvalue weighted by Gasteiger charge is 2.37. The lowest BCUT2D eigenvalue weighted by Gasteiger charge is -2.45. The van der Waals surface area contributed by atoms with Crippen LogP contribution in [0.4, 0.5) is 0 Å². The smallest absolute Gasteiger partial charge is 0.220 e. The van der Waals surface area contributed by atoms with E-state index in [1.54, 1.807) is 0 Å². The lowest BCUT2D eigenvalue weighted by molar-refractivity contribution is -0.127. The zero-order valence-electron chi connectivity index (χ0n) is 23.5. The quantitative estimate of drug-likeness (QED) is 0.277. The summed E-state index contributed by atoms with van der Waals surface area (Å²) in [7, 11) is 4.27. The van der Waals surface area contributed by atoms with Gasteiger partial charge in [-0.2, -0.15) is 0 Å². The molecule has 3 aromatic carbocycles. The number of benzene rings is 3. The molecule has 0 heterocycles. The molecular weight excluding hydrogens is 522 g/mol. The summed E-state index contributed by atoms with van der Waals surface area (Å²) in [5.41, 5.74) is 2.41. The number of nitrogens with one attached hydrogen (secondary N) is 2. The Bertz CT molecular complexity index is 1240. The molecule has 3 aromatic rings. The van der Waals surface area contributed by atoms with Crippen LogP contribution in [0.15, 0.2) is 78.9 Å². The van der Waals surface area contributed by atoms with E-state index in [-0.39, 0.29) is 36.2 Å². The molecular formula is C33H40ClN3O3. The van der Waals surface area contributed by atoms with Crippen LogP contribution in [0.1, 0.15) is 49.7 Å². The third-order valence-electron chi connectivity index (χ3n) is 7.87. The molecule has 0 aliphatic heterocycles. The average molecular weight is 562 g/mol. The minimum atomic E-state index is -0.101. The summed E-state index contributed by atoms with van der Waals surface area (Å²) in [6.45, 7) is 0.529. The molecule has 6 nitrogen and oxygen atoms in total. The highest BCUT2D eigenvalue weighted by atomic mass is 35.5. The Morgan fingerprint density at radius 3 is 2.23 bits per heavy atom. The van der Waals surface area contributed by atoms with Gasteiger partial charge in [-0.1, -0.05) is 54.1 Å². The topological polar surface area (TPSA) is 70.7 Å². The van der Waals surface area contributed by atoms with E-state index in [4.69, 9.17) is 16.3 Å². The first kappa shape index (κ1) is 29.6. The maximum Gasteiger partial charge on any atom is 0.220 e. The van der Waals surface area contributed by atoms with Gasteiger partial charge in [-0.25, -0.2) is 0 Å². The molecule has 0 atom stereocenters. The van der Waals surface area contributed by atoms with Crippen molar-refractivity contribution in [2.75, 3.05) is 20.6 Å². The van der Waals surface area contributed by atoms with Gasteiger partial charge in [0, 0.05) is 36.0 Å². The third-order valence-corrected chi connectivity index (χ3v) is 8.10. The number of hydrogen-bond donors (Lipinski definition) is 2. The highest BCUT2D eigenvalue weighted by molar-refractivity contribution is 6.30. The van der Waals surface area contributed by atoms with Crippen molar-refractivity contribution in [2.24, 2.45) is 0 Å². The van der Waals surface area contributed by atoms with Crippen LogP contribution in [-0.2, 0) is 22.4 Å². The second kappa shape index (κ2) is 14.3. The number of likely N-dealkylation sites (N-methyl/N-ethyl adjacent to an activating group) is 1. The van der Waals surface area contributed by atoms with E-state index < -0.39 is 0 Å². The van der Waals surface area contributed by atoms with Crippen LogP contribution in [0.2, 0.25) is 5.02 Å². The molecule has 40 heavy (non-hydrogen) atoms. The molecule has 0 bridgehead atoms. The van der Waals surface area contributed by atoms with Crippen molar-refractivity contribution in [2.45, 2.75) is 62.9 Å². The first-order valence-corrected chi connectivity index (χ1v) is 14.5. The number of hydrogen-bond acceptors (Lipinski definition) is 4. The minimum absolute atomic E-state index is 0.0543. The monoisotopic (exact) mass is 561 g/mol. The summed E-state index contributed by atoms with van der Waals surface area (Å²) in [6.07, 6.45) is 5.89. The van der Waals surface area contributed by atoms with E-state index in [0.29, 0.717) is 13.0 Å². The molecule has 0 aromatic heterocycles. The normalized spacial score (nSPS) is 18.8. The maximum atomic E-state index is 12.6. The summed E-state index contributed by atoms with van der Waals surface area (Å²) in [6, 6.07) is 25.8. The fourth-order valence-electron chi connectivity index (χ4n) is 5.42. The van der Waals surface area contributed by atoms with Crippen LogP contribution in [0.5, 0.6) is 11.5 Å². The van der Waals surface area contributed by atoms with Crippen LogP contribution >= 0.6 is 11.6 Å². The molecule has 2 amide bonds. The SMILES string of the molecule is CN(C)C1(Cc2cccc(Cl)c2)CCC(NC(=O)CCC(=O)NCCc2ccc(Oc3ccccc3)cc2)CC1. The Kier molecular flexibility index (Phi) is 10.6. The van der Waals surface area contributed by atoms with Gasteiger partial charge in [0.2, 0.25) is 11.8 Å². The fraction of sp³-hybridized carbons (Fsp3) is 0.394. The number of halogens is 1. The van der Waals surface area contributed by atoms with Crippen LogP contribution in [0, 0.1) is 0 Å². The Morgan fingerprint density at radius 1 is 0.875 bits per heavy atom. The van der Waals surface area contributed by atoms with E-state index in [2.05, 4.69) is 35.7 Å². The molecule has 1 aliphatic rings. The van der Waals surface area contributed by atoms with E-state index >= 15 is 0 Å². The Balaban J connectivity index is 1.13. The lowest BCUT2D eigenvalue weighted by Crippen LogP contribution is -2.52. The van der Waals surface area contributed by atoms with Crippen LogP contribution in [-0.4, -0.2) is 48.9 Å². The average Bonchev–Trinajstić information content (AvgIpc) is 2.94. The second-order valence-corrected chi connectivity index (χ2v) is 11.4. The van der Waals surface area contributed by atoms with Crippen LogP contribution in [0.3, 0.4) is 0 Å². The zero-order valence-corrected chi connectivity index (χ0v) is 24.3. The van der Waals surface area contributed by atoms with Gasteiger partial charge in [0.15, 0.2) is 0 Å². The predicted molar refractivity (Wildman–Crippen MR) is 161 cm³/mol. The molecule has 1 fully saturated rings. The number of carbonyl (C=O) groups is 2. The number of ether oxygens (including phenoxy) is 1. The molecule has 1 saturated carbocycles. The van der Waals surface area contributed by atoms with Gasteiger partial charge in [0.25, 0.3) is 0 Å². The molecule has 0 radical (unpaired) electrons. The molecule has 4 rings (SSSR count). The van der Waals surface area contributed by atoms with Gasteiger partial charge >= 0.3 is 0 Å². The molecule has 2 N–H and O–H groups in total. The Labute approximate surface area is 243 Å². The zero-order chi connectivity index (χ0) is 28.4. The molecule has 212 valence electrons. The van der Waals surface area contributed by atoms with Gasteiger partial charge in [-0.3, -0.25) is 9.59 Å². The standard InChI is InChI=1S/C33H40ClN3O3/c1-37(2)33(24-26-7-6-8-27(34)23-26)20-17-28(18-21-33)36-32(39)16-15-31(38)35-22-19-25-11-13-30(14-12-25)40-29-9-4-3-5-10-29/h3-14,23,28H,15-22,24H2,1-2H3,(H,35,38)(H,36,39). The van der Waals surface area contributed by atoms with E-state index in [0.717, 1.165) is 54.2 Å². The number of amides is 2. The van der Waals surface area contributed by atoms with Crippen molar-refractivity contribution < 1.29 is 14.3 Å². The summed E-state index contributed by atoms with van der Waals surface area (Å²) in [4.78, 5) is 27.2. The summed E-state index contributed by atoms with van der Waals surface area (Å²) in [5, 5.41) is 6.85. The van der Waals surface area contributed by atoms with Gasteiger partial charge in [-0.15, -0.1) is 0 Å². The summed E-state index contributed by atoms with van der Waals surface area (Å²) in [5.74, 6) is 1.42. The Morgan fingerprint density at radius 2 is 1.55 bits per heavy atom. The minimum Gasteiger partial charge on any atom is -0.457 e. The number of para-hydroxylation sites is 1. The molecule has 7 heteroatoms. The van der Waals surface area contributed by atoms with Crippen LogP contribution in [0.25, 0.3) is 0 Å². The first-order valence-electron chi connectivity index (χ1n) is 14.1. The van der Waals surface area contributed by atoms with E-state index in [1.165, 1.54) is 5.56 Å². The van der Waals surface area contributed by atoms with Gasteiger partial charge in [-0.05, 0) is 100 Å². The van der Waals surface area contributed by atoms with Gasteiger partial charge in [0.05, 0.1) is 0 Å². The van der Waals surface area contributed by atoms with E-state index in [1.807, 2.05) is 72.8 Å². The summed E-state index contributed by atoms with van der Waals surface area (Å²) >= 11 is 6.21. The largest absolute Gasteiger partial charge is 0.457 e. The fourth-order valence-corrected chi connectivity index (χ4v) is 5.63. The molecule has 1 aliphatic carbocycles. The van der Waals surface area contributed by atoms with Crippen molar-refractivity contribution in [3.63, 3.8) is 0 Å². The first-order chi connectivity index (χ1) is 19.3. The number of carbonyl (C=O) groups excluding carboxylic acids is 2. The van der Waals surface area contributed by atoms with Gasteiger partial charge < -0.3 is 20.3 Å².